The lowest BCUT2D eigenvalue weighted by Crippen LogP contribution is -2.26. The van der Waals surface area contributed by atoms with Gasteiger partial charge in [-0.05, 0) is 19.9 Å². The van der Waals surface area contributed by atoms with E-state index in [1.54, 1.807) is 6.20 Å². The van der Waals surface area contributed by atoms with E-state index in [4.69, 9.17) is 0 Å². The second-order valence-electron chi connectivity index (χ2n) is 4.35. The number of anilines is 1. The minimum atomic E-state index is 0.341. The predicted octanol–water partition coefficient (Wildman–Crippen LogP) is 2.95. The maximum atomic E-state index is 9.19. The van der Waals surface area contributed by atoms with Crippen LogP contribution in [-0.2, 0) is 0 Å². The fourth-order valence-electron chi connectivity index (χ4n) is 1.85. The van der Waals surface area contributed by atoms with Crippen LogP contribution in [0.15, 0.2) is 30.5 Å². The van der Waals surface area contributed by atoms with Crippen molar-refractivity contribution in [1.29, 1.82) is 5.26 Å². The fraction of sp³-hybridized carbons (Fsp3) is 0.286. The summed E-state index contributed by atoms with van der Waals surface area (Å²) in [4.78, 5) is 6.42. The lowest BCUT2D eigenvalue weighted by Gasteiger charge is -2.26. The van der Waals surface area contributed by atoms with Gasteiger partial charge in [0, 0.05) is 24.7 Å². The topological polar surface area (TPSA) is 39.9 Å². The van der Waals surface area contributed by atoms with E-state index < -0.39 is 0 Å². The van der Waals surface area contributed by atoms with Crippen molar-refractivity contribution in [2.24, 2.45) is 0 Å². The van der Waals surface area contributed by atoms with Crippen molar-refractivity contribution in [1.82, 2.24) is 4.98 Å². The van der Waals surface area contributed by atoms with Gasteiger partial charge < -0.3 is 4.90 Å². The van der Waals surface area contributed by atoms with Crippen molar-refractivity contribution in [3.8, 4) is 6.07 Å². The van der Waals surface area contributed by atoms with Crippen LogP contribution in [0.1, 0.15) is 19.4 Å². The van der Waals surface area contributed by atoms with Crippen molar-refractivity contribution in [2.75, 3.05) is 11.9 Å². The SMILES string of the molecule is CC(C)N(C)c1c(C#N)cnc2ccccc12. The molecule has 0 radical (unpaired) electrons. The Labute approximate surface area is 101 Å². The molecule has 0 atom stereocenters. The van der Waals surface area contributed by atoms with E-state index in [2.05, 4.69) is 29.8 Å². The van der Waals surface area contributed by atoms with Crippen LogP contribution in [0.2, 0.25) is 0 Å². The zero-order valence-electron chi connectivity index (χ0n) is 10.3. The second-order valence-corrected chi connectivity index (χ2v) is 4.35. The fourth-order valence-corrected chi connectivity index (χ4v) is 1.85. The third-order valence-corrected chi connectivity index (χ3v) is 2.99. The smallest absolute Gasteiger partial charge is 0.103 e. The Morgan fingerprint density at radius 2 is 2.00 bits per heavy atom. The van der Waals surface area contributed by atoms with E-state index in [9.17, 15) is 5.26 Å². The first kappa shape index (κ1) is 11.4. The molecule has 2 aromatic rings. The van der Waals surface area contributed by atoms with Crippen LogP contribution in [0.25, 0.3) is 10.9 Å². The van der Waals surface area contributed by atoms with Gasteiger partial charge in [0.15, 0.2) is 0 Å². The molecule has 3 heteroatoms. The monoisotopic (exact) mass is 225 g/mol. The van der Waals surface area contributed by atoms with Crippen LogP contribution in [0, 0.1) is 11.3 Å². The molecule has 2 rings (SSSR count). The summed E-state index contributed by atoms with van der Waals surface area (Å²) in [5.74, 6) is 0. The molecule has 0 spiro atoms. The standard InChI is InChI=1S/C14H15N3/c1-10(2)17(3)14-11(8-15)9-16-13-7-5-4-6-12(13)14/h4-7,9-10H,1-3H3. The van der Waals surface area contributed by atoms with Crippen molar-refractivity contribution < 1.29 is 0 Å². The third kappa shape index (κ3) is 1.94. The first-order valence-electron chi connectivity index (χ1n) is 5.66. The Kier molecular flexibility index (Phi) is 2.97. The summed E-state index contributed by atoms with van der Waals surface area (Å²) in [7, 11) is 2.01. The van der Waals surface area contributed by atoms with Crippen LogP contribution in [-0.4, -0.2) is 18.1 Å². The summed E-state index contributed by atoms with van der Waals surface area (Å²) in [6.45, 7) is 4.21. The summed E-state index contributed by atoms with van der Waals surface area (Å²) in [6, 6.07) is 10.5. The minimum Gasteiger partial charge on any atom is -0.371 e. The Balaban J connectivity index is 2.77. The molecule has 3 nitrogen and oxygen atoms in total. The summed E-state index contributed by atoms with van der Waals surface area (Å²) >= 11 is 0. The summed E-state index contributed by atoms with van der Waals surface area (Å²) in [5.41, 5.74) is 2.52. The number of benzene rings is 1. The molecule has 0 aliphatic rings. The van der Waals surface area contributed by atoms with Gasteiger partial charge in [-0.3, -0.25) is 4.98 Å². The molecule has 1 aromatic carbocycles. The van der Waals surface area contributed by atoms with Crippen LogP contribution >= 0.6 is 0 Å². The Bertz CT molecular complexity index is 582. The number of pyridine rings is 1. The molecule has 17 heavy (non-hydrogen) atoms. The highest BCUT2D eigenvalue weighted by molar-refractivity contribution is 5.94. The van der Waals surface area contributed by atoms with Gasteiger partial charge in [-0.1, -0.05) is 18.2 Å². The molecule has 0 unspecified atom stereocenters. The molecule has 86 valence electrons. The van der Waals surface area contributed by atoms with Gasteiger partial charge in [-0.2, -0.15) is 5.26 Å². The van der Waals surface area contributed by atoms with Crippen LogP contribution in [0.5, 0.6) is 0 Å². The molecule has 0 N–H and O–H groups in total. The maximum Gasteiger partial charge on any atom is 0.103 e. The molecule has 0 aliphatic heterocycles. The van der Waals surface area contributed by atoms with E-state index in [1.165, 1.54) is 0 Å². The van der Waals surface area contributed by atoms with Crippen LogP contribution in [0.4, 0.5) is 5.69 Å². The number of hydrogen-bond donors (Lipinski definition) is 0. The van der Waals surface area contributed by atoms with Gasteiger partial charge >= 0.3 is 0 Å². The molecule has 0 saturated heterocycles. The number of fused-ring (bicyclic) bond motifs is 1. The van der Waals surface area contributed by atoms with Crippen molar-refractivity contribution in [2.45, 2.75) is 19.9 Å². The van der Waals surface area contributed by atoms with E-state index in [-0.39, 0.29) is 0 Å². The molecule has 0 aliphatic carbocycles. The average Bonchev–Trinajstić information content (AvgIpc) is 2.36. The molecular formula is C14H15N3. The highest BCUT2D eigenvalue weighted by Crippen LogP contribution is 2.29. The van der Waals surface area contributed by atoms with Gasteiger partial charge in [0.1, 0.15) is 6.07 Å². The number of nitriles is 1. The van der Waals surface area contributed by atoms with Gasteiger partial charge in [0.2, 0.25) is 0 Å². The molecule has 0 fully saturated rings. The lowest BCUT2D eigenvalue weighted by atomic mass is 10.1. The van der Waals surface area contributed by atoms with Gasteiger partial charge in [0.25, 0.3) is 0 Å². The Morgan fingerprint density at radius 3 is 2.65 bits per heavy atom. The van der Waals surface area contributed by atoms with Crippen molar-refractivity contribution in [3.05, 3.63) is 36.0 Å². The molecule has 0 bridgehead atoms. The zero-order chi connectivity index (χ0) is 12.4. The normalized spacial score (nSPS) is 10.5. The largest absolute Gasteiger partial charge is 0.371 e. The van der Waals surface area contributed by atoms with E-state index >= 15 is 0 Å². The van der Waals surface area contributed by atoms with Crippen molar-refractivity contribution in [3.63, 3.8) is 0 Å². The summed E-state index contributed by atoms with van der Waals surface area (Å²) in [6.07, 6.45) is 1.65. The minimum absolute atomic E-state index is 0.341. The average molecular weight is 225 g/mol. The Morgan fingerprint density at radius 1 is 1.29 bits per heavy atom. The highest BCUT2D eigenvalue weighted by Gasteiger charge is 2.14. The molecule has 0 saturated carbocycles. The van der Waals surface area contributed by atoms with Gasteiger partial charge in [-0.15, -0.1) is 0 Å². The van der Waals surface area contributed by atoms with Gasteiger partial charge in [-0.25, -0.2) is 0 Å². The highest BCUT2D eigenvalue weighted by atomic mass is 15.1. The molecular weight excluding hydrogens is 210 g/mol. The first-order valence-corrected chi connectivity index (χ1v) is 5.66. The Hall–Kier alpha value is -2.08. The number of rotatable bonds is 2. The van der Waals surface area contributed by atoms with E-state index in [0.29, 0.717) is 11.6 Å². The molecule has 0 amide bonds. The zero-order valence-corrected chi connectivity index (χ0v) is 10.3. The number of hydrogen-bond acceptors (Lipinski definition) is 3. The number of para-hydroxylation sites is 1. The number of aromatic nitrogens is 1. The third-order valence-electron chi connectivity index (χ3n) is 2.99. The maximum absolute atomic E-state index is 9.19. The second kappa shape index (κ2) is 4.42. The van der Waals surface area contributed by atoms with Crippen LogP contribution in [0.3, 0.4) is 0 Å². The predicted molar refractivity (Wildman–Crippen MR) is 70.0 cm³/mol. The summed E-state index contributed by atoms with van der Waals surface area (Å²) in [5, 5.41) is 10.2. The van der Waals surface area contributed by atoms with E-state index in [1.807, 2.05) is 31.3 Å². The summed E-state index contributed by atoms with van der Waals surface area (Å²) < 4.78 is 0. The lowest BCUT2D eigenvalue weighted by molar-refractivity contribution is 0.756. The first-order chi connectivity index (χ1) is 8.15. The quantitative estimate of drug-likeness (QED) is 0.788. The molecule has 1 heterocycles. The van der Waals surface area contributed by atoms with Crippen LogP contribution < -0.4 is 4.90 Å². The van der Waals surface area contributed by atoms with E-state index in [0.717, 1.165) is 16.6 Å². The molecule has 1 aromatic heterocycles. The van der Waals surface area contributed by atoms with Gasteiger partial charge in [0.05, 0.1) is 16.8 Å². The van der Waals surface area contributed by atoms with Crippen molar-refractivity contribution >= 4 is 16.6 Å². The number of nitrogens with zero attached hydrogens (tertiary/aromatic N) is 3.